The molecule has 7 heteroatoms. The molecule has 2 heterocycles. The van der Waals surface area contributed by atoms with Gasteiger partial charge in [-0.3, -0.25) is 9.59 Å². The smallest absolute Gasteiger partial charge is 0.231 e. The Morgan fingerprint density at radius 1 is 1.19 bits per heavy atom. The lowest BCUT2D eigenvalue weighted by atomic mass is 10.1. The summed E-state index contributed by atoms with van der Waals surface area (Å²) in [5, 5.41) is 3.51. The van der Waals surface area contributed by atoms with Crippen LogP contribution in [0.1, 0.15) is 12.0 Å². The molecule has 0 aliphatic carbocycles. The number of rotatable bonds is 3. The van der Waals surface area contributed by atoms with E-state index in [0.29, 0.717) is 34.4 Å². The molecule has 1 N–H and O–H groups in total. The lowest BCUT2D eigenvalue weighted by molar-refractivity contribution is -0.122. The fourth-order valence-electron chi connectivity index (χ4n) is 3.19. The normalized spacial score (nSPS) is 18.3. The van der Waals surface area contributed by atoms with E-state index < -0.39 is 5.92 Å². The van der Waals surface area contributed by atoms with Crippen LogP contribution in [0.25, 0.3) is 0 Å². The van der Waals surface area contributed by atoms with Crippen molar-refractivity contribution in [1.82, 2.24) is 0 Å². The number of ether oxygens (including phenoxy) is 2. The SMILES string of the molecule is Cc1cc(Cl)ccc1NC(=O)C1CC(=O)N(c2ccc3c(c2)OCO3)C1. The third-order valence-corrected chi connectivity index (χ3v) is 4.85. The highest BCUT2D eigenvalue weighted by Crippen LogP contribution is 2.37. The number of benzene rings is 2. The van der Waals surface area contributed by atoms with Gasteiger partial charge in [-0.2, -0.15) is 0 Å². The Morgan fingerprint density at radius 2 is 2.00 bits per heavy atom. The number of nitrogens with one attached hydrogen (secondary N) is 1. The third-order valence-electron chi connectivity index (χ3n) is 4.61. The molecular weight excluding hydrogens is 356 g/mol. The van der Waals surface area contributed by atoms with E-state index >= 15 is 0 Å². The van der Waals surface area contributed by atoms with Gasteiger partial charge in [0.05, 0.1) is 5.92 Å². The molecular formula is C19H17ClN2O4. The minimum Gasteiger partial charge on any atom is -0.454 e. The first-order valence-electron chi connectivity index (χ1n) is 8.28. The second-order valence-corrected chi connectivity index (χ2v) is 6.83. The number of hydrogen-bond donors (Lipinski definition) is 1. The van der Waals surface area contributed by atoms with E-state index in [4.69, 9.17) is 21.1 Å². The van der Waals surface area contributed by atoms with Gasteiger partial charge in [-0.25, -0.2) is 0 Å². The van der Waals surface area contributed by atoms with Crippen LogP contribution in [-0.4, -0.2) is 25.2 Å². The third kappa shape index (κ3) is 3.08. The van der Waals surface area contributed by atoms with E-state index in [0.717, 1.165) is 5.56 Å². The Hall–Kier alpha value is -2.73. The van der Waals surface area contributed by atoms with E-state index in [9.17, 15) is 9.59 Å². The Labute approximate surface area is 155 Å². The van der Waals surface area contributed by atoms with E-state index in [1.807, 2.05) is 6.92 Å². The van der Waals surface area contributed by atoms with Crippen LogP contribution in [0.15, 0.2) is 36.4 Å². The Morgan fingerprint density at radius 3 is 2.81 bits per heavy atom. The first-order chi connectivity index (χ1) is 12.5. The first-order valence-corrected chi connectivity index (χ1v) is 8.66. The zero-order valence-electron chi connectivity index (χ0n) is 14.1. The topological polar surface area (TPSA) is 67.9 Å². The van der Waals surface area contributed by atoms with Crippen molar-refractivity contribution < 1.29 is 19.1 Å². The van der Waals surface area contributed by atoms with E-state index in [-0.39, 0.29) is 25.0 Å². The number of halogens is 1. The number of carbonyl (C=O) groups excluding carboxylic acids is 2. The van der Waals surface area contributed by atoms with Crippen molar-refractivity contribution >= 4 is 34.8 Å². The summed E-state index contributed by atoms with van der Waals surface area (Å²) in [7, 11) is 0. The second kappa shape index (κ2) is 6.53. The standard InChI is InChI=1S/C19H17ClN2O4/c1-11-6-13(20)2-4-15(11)21-19(24)12-7-18(23)22(9-12)14-3-5-16-17(8-14)26-10-25-16/h2-6,8,12H,7,9-10H2,1H3,(H,21,24). The van der Waals surface area contributed by atoms with Gasteiger partial charge in [-0.05, 0) is 42.8 Å². The molecule has 26 heavy (non-hydrogen) atoms. The molecule has 1 saturated heterocycles. The highest BCUT2D eigenvalue weighted by atomic mass is 35.5. The van der Waals surface area contributed by atoms with Gasteiger partial charge < -0.3 is 19.7 Å². The number of nitrogens with zero attached hydrogens (tertiary/aromatic N) is 1. The largest absolute Gasteiger partial charge is 0.454 e. The average molecular weight is 373 g/mol. The fourth-order valence-corrected chi connectivity index (χ4v) is 3.41. The number of aryl methyl sites for hydroxylation is 1. The van der Waals surface area contributed by atoms with Crippen molar-refractivity contribution in [2.24, 2.45) is 5.92 Å². The van der Waals surface area contributed by atoms with Crippen molar-refractivity contribution in [3.63, 3.8) is 0 Å². The molecule has 1 unspecified atom stereocenters. The quantitative estimate of drug-likeness (QED) is 0.897. The number of fused-ring (bicyclic) bond motifs is 1. The van der Waals surface area contributed by atoms with Gasteiger partial charge >= 0.3 is 0 Å². The molecule has 0 saturated carbocycles. The molecule has 2 aromatic carbocycles. The molecule has 6 nitrogen and oxygen atoms in total. The monoisotopic (exact) mass is 372 g/mol. The molecule has 2 aliphatic heterocycles. The van der Waals surface area contributed by atoms with Crippen LogP contribution in [-0.2, 0) is 9.59 Å². The van der Waals surface area contributed by atoms with Gasteiger partial charge in [0.15, 0.2) is 11.5 Å². The molecule has 2 amide bonds. The van der Waals surface area contributed by atoms with Crippen LogP contribution < -0.4 is 19.7 Å². The number of amides is 2. The second-order valence-electron chi connectivity index (χ2n) is 6.39. The predicted molar refractivity (Wildman–Crippen MR) is 97.8 cm³/mol. The molecule has 134 valence electrons. The van der Waals surface area contributed by atoms with Gasteiger partial charge in [0.2, 0.25) is 18.6 Å². The summed E-state index contributed by atoms with van der Waals surface area (Å²) in [6, 6.07) is 10.6. The molecule has 2 aromatic rings. The van der Waals surface area contributed by atoms with Gasteiger partial charge in [0, 0.05) is 35.4 Å². The van der Waals surface area contributed by atoms with Gasteiger partial charge in [-0.1, -0.05) is 11.6 Å². The maximum Gasteiger partial charge on any atom is 0.231 e. The highest BCUT2D eigenvalue weighted by Gasteiger charge is 2.35. The Kier molecular flexibility index (Phi) is 4.20. The van der Waals surface area contributed by atoms with Crippen LogP contribution in [0.5, 0.6) is 11.5 Å². The Balaban J connectivity index is 1.48. The van der Waals surface area contributed by atoms with Crippen molar-refractivity contribution in [1.29, 1.82) is 0 Å². The number of hydrogen-bond acceptors (Lipinski definition) is 4. The molecule has 0 bridgehead atoms. The lowest BCUT2D eigenvalue weighted by Gasteiger charge is -2.17. The Bertz CT molecular complexity index is 899. The van der Waals surface area contributed by atoms with Crippen molar-refractivity contribution in [2.75, 3.05) is 23.6 Å². The highest BCUT2D eigenvalue weighted by molar-refractivity contribution is 6.30. The molecule has 0 aromatic heterocycles. The van der Waals surface area contributed by atoms with Crippen LogP contribution >= 0.6 is 11.6 Å². The summed E-state index contributed by atoms with van der Waals surface area (Å²) in [5.74, 6) is 0.597. The fraction of sp³-hybridized carbons (Fsp3) is 0.263. The maximum atomic E-state index is 12.6. The molecule has 0 spiro atoms. The van der Waals surface area contributed by atoms with Gasteiger partial charge in [0.25, 0.3) is 0 Å². The summed E-state index contributed by atoms with van der Waals surface area (Å²) < 4.78 is 10.6. The molecule has 4 rings (SSSR count). The maximum absolute atomic E-state index is 12.6. The number of anilines is 2. The van der Waals surface area contributed by atoms with Crippen LogP contribution in [0.3, 0.4) is 0 Å². The molecule has 1 fully saturated rings. The van der Waals surface area contributed by atoms with Crippen LogP contribution in [0.2, 0.25) is 5.02 Å². The van der Waals surface area contributed by atoms with Gasteiger partial charge in [-0.15, -0.1) is 0 Å². The molecule has 1 atom stereocenters. The summed E-state index contributed by atoms with van der Waals surface area (Å²) in [6.07, 6.45) is 0.174. The zero-order chi connectivity index (χ0) is 18.3. The number of carbonyl (C=O) groups is 2. The van der Waals surface area contributed by atoms with E-state index in [1.54, 1.807) is 41.3 Å². The van der Waals surface area contributed by atoms with E-state index in [1.165, 1.54) is 0 Å². The molecule has 2 aliphatic rings. The lowest BCUT2D eigenvalue weighted by Crippen LogP contribution is -2.28. The van der Waals surface area contributed by atoms with Crippen LogP contribution in [0, 0.1) is 12.8 Å². The summed E-state index contributed by atoms with van der Waals surface area (Å²) in [5.41, 5.74) is 2.29. The summed E-state index contributed by atoms with van der Waals surface area (Å²) >= 11 is 5.94. The predicted octanol–water partition coefficient (Wildman–Crippen LogP) is 3.37. The average Bonchev–Trinajstić information content (AvgIpc) is 3.23. The summed E-state index contributed by atoms with van der Waals surface area (Å²) in [4.78, 5) is 26.6. The minimum absolute atomic E-state index is 0.0863. The van der Waals surface area contributed by atoms with E-state index in [2.05, 4.69) is 5.32 Å². The first kappa shape index (κ1) is 16.7. The van der Waals surface area contributed by atoms with Crippen molar-refractivity contribution in [3.8, 4) is 11.5 Å². The van der Waals surface area contributed by atoms with Crippen LogP contribution in [0.4, 0.5) is 11.4 Å². The summed E-state index contributed by atoms with van der Waals surface area (Å²) in [6.45, 7) is 2.38. The van der Waals surface area contributed by atoms with Crippen molar-refractivity contribution in [2.45, 2.75) is 13.3 Å². The molecule has 0 radical (unpaired) electrons. The van der Waals surface area contributed by atoms with Crippen molar-refractivity contribution in [3.05, 3.63) is 47.0 Å². The minimum atomic E-state index is -0.414. The zero-order valence-corrected chi connectivity index (χ0v) is 14.9. The van der Waals surface area contributed by atoms with Gasteiger partial charge in [0.1, 0.15) is 0 Å².